The largest absolute Gasteiger partial charge is 0.492 e. The number of rotatable bonds is 19. The van der Waals surface area contributed by atoms with Crippen LogP contribution < -0.4 is 24.8 Å². The summed E-state index contributed by atoms with van der Waals surface area (Å²) in [5.41, 5.74) is 4.67. The van der Waals surface area contributed by atoms with Gasteiger partial charge in [0.1, 0.15) is 30.6 Å². The second-order valence-corrected chi connectivity index (χ2v) is 17.0. The van der Waals surface area contributed by atoms with Gasteiger partial charge in [-0.25, -0.2) is 8.42 Å². The van der Waals surface area contributed by atoms with E-state index in [0.717, 1.165) is 17.4 Å². The van der Waals surface area contributed by atoms with E-state index >= 15 is 0 Å². The topological polar surface area (TPSA) is 196 Å². The van der Waals surface area contributed by atoms with E-state index in [2.05, 4.69) is 20.6 Å². The quantitative estimate of drug-likeness (QED) is 0.0477. The van der Waals surface area contributed by atoms with E-state index in [9.17, 15) is 23.7 Å². The molecule has 18 heteroatoms. The minimum atomic E-state index is -3.53. The van der Waals surface area contributed by atoms with Crippen LogP contribution in [-0.2, 0) is 29.6 Å². The Balaban J connectivity index is 1.22. The van der Waals surface area contributed by atoms with Gasteiger partial charge in [0.25, 0.3) is 0 Å². The minimum absolute atomic E-state index is 0.0290. The van der Waals surface area contributed by atoms with Crippen LogP contribution in [0.4, 0.5) is 0 Å². The number of likely N-dealkylation sites (tertiary alicyclic amines) is 1. The molecule has 2 aromatic heterocycles. The van der Waals surface area contributed by atoms with E-state index in [1.54, 1.807) is 11.0 Å². The summed E-state index contributed by atoms with van der Waals surface area (Å²) < 4.78 is 42.4. The molecule has 0 radical (unpaired) electrons. The van der Waals surface area contributed by atoms with Crippen LogP contribution in [0, 0.1) is 0 Å². The molecule has 1 fully saturated rings. The lowest BCUT2D eigenvalue weighted by Crippen LogP contribution is -2.45. The van der Waals surface area contributed by atoms with Crippen LogP contribution in [0.1, 0.15) is 23.1 Å². The molecule has 6 rings (SSSR count). The number of sulfone groups is 1. The van der Waals surface area contributed by atoms with Gasteiger partial charge in [0.2, 0.25) is 18.2 Å². The predicted octanol–water partition coefficient (Wildman–Crippen LogP) is 5.04. The number of aromatic nitrogens is 2. The molecule has 6 N–H and O–H groups in total. The van der Waals surface area contributed by atoms with Gasteiger partial charge in [0, 0.05) is 84.6 Å². The second kappa shape index (κ2) is 20.4. The molecule has 0 spiro atoms. The van der Waals surface area contributed by atoms with Crippen LogP contribution in [0.5, 0.6) is 17.5 Å². The molecule has 1 aliphatic rings. The third kappa shape index (κ3) is 11.8. The minimum Gasteiger partial charge on any atom is -0.492 e. The summed E-state index contributed by atoms with van der Waals surface area (Å²) in [5, 5.41) is 45.2. The predicted molar refractivity (Wildman–Crippen MR) is 224 cm³/mol. The average Bonchev–Trinajstić information content (AvgIpc) is 3.54. The molecule has 3 heterocycles. The molecular formula is C41H44Cl3N5O9S. The van der Waals surface area contributed by atoms with Crippen molar-refractivity contribution in [1.29, 1.82) is 0 Å². The molecule has 59 heavy (non-hydrogen) atoms. The lowest BCUT2D eigenvalue weighted by molar-refractivity contribution is -0.0853. The molecule has 0 amide bonds. The molecule has 314 valence electrons. The van der Waals surface area contributed by atoms with Gasteiger partial charge in [-0.15, -0.1) is 0 Å². The number of ether oxygens (including phenoxy) is 3. The highest BCUT2D eigenvalue weighted by Crippen LogP contribution is 2.41. The number of nitrogens with one attached hydrogen (secondary N) is 2. The van der Waals surface area contributed by atoms with Crippen molar-refractivity contribution in [3.63, 3.8) is 0 Å². The first-order valence-corrected chi connectivity index (χ1v) is 21.6. The van der Waals surface area contributed by atoms with Crippen LogP contribution in [0.25, 0.3) is 22.3 Å². The lowest BCUT2D eigenvalue weighted by atomic mass is 9.97. The van der Waals surface area contributed by atoms with Crippen molar-refractivity contribution in [2.45, 2.75) is 49.8 Å². The van der Waals surface area contributed by atoms with Gasteiger partial charge in [-0.3, -0.25) is 15.2 Å². The number of aliphatic hydroxyl groups is 4. The van der Waals surface area contributed by atoms with Crippen LogP contribution in [0.2, 0.25) is 15.1 Å². The number of β-amino-alcohol motifs (C(OH)–C–C–N with tert-alkyl or cyclic N) is 1. The number of hydrogen-bond acceptors (Lipinski definition) is 14. The third-order valence-electron chi connectivity index (χ3n) is 9.39. The molecular weight excluding hydrogens is 845 g/mol. The van der Waals surface area contributed by atoms with Crippen molar-refractivity contribution < 1.29 is 43.1 Å². The van der Waals surface area contributed by atoms with Crippen LogP contribution >= 0.6 is 34.8 Å². The maximum atomic E-state index is 12.2. The molecule has 0 saturated carbocycles. The van der Waals surface area contributed by atoms with Gasteiger partial charge in [0.15, 0.2) is 9.84 Å². The van der Waals surface area contributed by atoms with Gasteiger partial charge in [-0.05, 0) is 29.8 Å². The van der Waals surface area contributed by atoms with E-state index in [1.807, 2.05) is 60.7 Å². The fraction of sp³-hybridized carbons (Fsp3) is 0.317. The summed E-state index contributed by atoms with van der Waals surface area (Å²) in [5.74, 6) is 0.848. The lowest BCUT2D eigenvalue weighted by Gasteiger charge is -2.26. The number of aliphatic hydroxyl groups excluding tert-OH is 3. The highest BCUT2D eigenvalue weighted by atomic mass is 35.5. The zero-order valence-corrected chi connectivity index (χ0v) is 35.0. The molecule has 3 aromatic carbocycles. The summed E-state index contributed by atoms with van der Waals surface area (Å²) in [6, 6.07) is 21.9. The summed E-state index contributed by atoms with van der Waals surface area (Å²) in [4.78, 5) is 10.5. The summed E-state index contributed by atoms with van der Waals surface area (Å²) in [6.07, 6.45) is 0.938. The Labute approximate surface area is 357 Å². The Morgan fingerprint density at radius 2 is 1.58 bits per heavy atom. The maximum absolute atomic E-state index is 12.2. The smallest absolute Gasteiger partial charge is 0.236 e. The van der Waals surface area contributed by atoms with Gasteiger partial charge < -0.3 is 40.0 Å². The van der Waals surface area contributed by atoms with Crippen LogP contribution in [-0.4, -0.2) is 101 Å². The normalized spacial score (nSPS) is 15.8. The zero-order valence-electron chi connectivity index (χ0n) is 31.9. The van der Waals surface area contributed by atoms with Crippen molar-refractivity contribution in [3.05, 3.63) is 117 Å². The van der Waals surface area contributed by atoms with Gasteiger partial charge >= 0.3 is 0 Å². The highest BCUT2D eigenvalue weighted by molar-refractivity contribution is 7.90. The molecule has 5 aromatic rings. The van der Waals surface area contributed by atoms with E-state index in [1.165, 1.54) is 18.5 Å². The van der Waals surface area contributed by atoms with Crippen molar-refractivity contribution in [2.75, 3.05) is 39.1 Å². The number of nitrogens with zero attached hydrogens (tertiary/aromatic N) is 3. The third-order valence-corrected chi connectivity index (χ3v) is 11.6. The Bertz CT molecular complexity index is 2320. The summed E-state index contributed by atoms with van der Waals surface area (Å²) in [7, 11) is -3.53. The first-order chi connectivity index (χ1) is 28.3. The van der Waals surface area contributed by atoms with Crippen LogP contribution in [0.3, 0.4) is 0 Å². The Kier molecular flexibility index (Phi) is 15.4. The van der Waals surface area contributed by atoms with Crippen molar-refractivity contribution >= 4 is 44.6 Å². The fourth-order valence-electron chi connectivity index (χ4n) is 6.53. The molecule has 1 saturated heterocycles. The molecule has 1 aliphatic heterocycles. The standard InChI is InChI=1S/C41H44Cl3N5O9S/c1-59(54,55)31-16-25(19-46-20-31)23-57-39-28(21-49-22-29(51)18-36(49)47-41(52)53)17-35(42)40(48-39)58-24-27-4-2-6-33(37(27)43)34-7-3-5-32(38(34)44)26-8-10-30(11-9-26)56-15-13-45-12-14-50/h2-11,16-17,19-20,29,36,41,45,47,50-53H,12-15,18,21-24H2,1H3/t29-,36-/m0/s1. The number of pyridine rings is 2. The molecule has 0 bridgehead atoms. The van der Waals surface area contributed by atoms with Gasteiger partial charge in [-0.2, -0.15) is 4.98 Å². The van der Waals surface area contributed by atoms with Gasteiger partial charge in [-0.1, -0.05) is 83.3 Å². The molecule has 0 aliphatic carbocycles. The fourth-order valence-corrected chi connectivity index (χ4v) is 8.00. The number of halogens is 3. The average molecular weight is 889 g/mol. The van der Waals surface area contributed by atoms with E-state index in [4.69, 9.17) is 54.1 Å². The molecule has 2 atom stereocenters. The molecule has 14 nitrogen and oxygen atoms in total. The molecule has 0 unspecified atom stereocenters. The monoisotopic (exact) mass is 887 g/mol. The number of benzene rings is 3. The Morgan fingerprint density at radius 3 is 2.31 bits per heavy atom. The van der Waals surface area contributed by atoms with Crippen molar-refractivity contribution in [2.24, 2.45) is 0 Å². The first kappa shape index (κ1) is 44.5. The number of hydrogen-bond donors (Lipinski definition) is 6. The van der Waals surface area contributed by atoms with Crippen molar-refractivity contribution in [1.82, 2.24) is 25.5 Å². The highest BCUT2D eigenvalue weighted by Gasteiger charge is 2.33. The van der Waals surface area contributed by atoms with Crippen LogP contribution in [0.15, 0.2) is 90.1 Å². The zero-order chi connectivity index (χ0) is 42.1. The SMILES string of the molecule is CS(=O)(=O)c1cncc(COc2nc(OCc3cccc(-c4cccc(-c5ccc(OCCNCCO)cc5)c4Cl)c3Cl)c(Cl)cc2CN2C[C@@H](O)C[C@H]2NC(O)O)c1. The first-order valence-electron chi connectivity index (χ1n) is 18.5. The second-order valence-electron chi connectivity index (χ2n) is 13.8. The van der Waals surface area contributed by atoms with Crippen molar-refractivity contribution in [3.8, 4) is 39.8 Å². The maximum Gasteiger partial charge on any atom is 0.236 e. The summed E-state index contributed by atoms with van der Waals surface area (Å²) >= 11 is 20.8. The Hall–Kier alpha value is -4.10. The van der Waals surface area contributed by atoms with E-state index < -0.39 is 28.5 Å². The summed E-state index contributed by atoms with van der Waals surface area (Å²) in [6.45, 7) is 1.86. The van der Waals surface area contributed by atoms with E-state index in [-0.39, 0.29) is 61.0 Å². The van der Waals surface area contributed by atoms with Gasteiger partial charge in [0.05, 0.1) is 33.8 Å². The van der Waals surface area contributed by atoms with E-state index in [0.29, 0.717) is 63.3 Å². The Morgan fingerprint density at radius 1 is 0.864 bits per heavy atom.